The smallest absolute Gasteiger partial charge is 0.260 e. The summed E-state index contributed by atoms with van der Waals surface area (Å²) in [5.41, 5.74) is 0. The van der Waals surface area contributed by atoms with Crippen LogP contribution in [0.15, 0.2) is 48.5 Å². The van der Waals surface area contributed by atoms with Crippen LogP contribution in [0.2, 0.25) is 5.02 Å². The van der Waals surface area contributed by atoms with Gasteiger partial charge in [0.2, 0.25) is 0 Å². The first-order valence-corrected chi connectivity index (χ1v) is 7.93. The van der Waals surface area contributed by atoms with Gasteiger partial charge < -0.3 is 19.5 Å². The van der Waals surface area contributed by atoms with Gasteiger partial charge in [0.1, 0.15) is 12.4 Å². The maximum Gasteiger partial charge on any atom is 0.260 e. The van der Waals surface area contributed by atoms with E-state index < -0.39 is 6.10 Å². The lowest BCUT2D eigenvalue weighted by atomic mass is 10.3. The topological polar surface area (TPSA) is 56.8 Å². The molecule has 0 aliphatic rings. The molecule has 0 saturated carbocycles. The average molecular weight is 350 g/mol. The Hall–Kier alpha value is -2.40. The number of nitrogens with one attached hydrogen (secondary N) is 1. The highest BCUT2D eigenvalue weighted by molar-refractivity contribution is 6.30. The monoisotopic (exact) mass is 349 g/mol. The summed E-state index contributed by atoms with van der Waals surface area (Å²) in [4.78, 5) is 12.0. The summed E-state index contributed by atoms with van der Waals surface area (Å²) in [6, 6.07) is 14.3. The molecule has 0 saturated heterocycles. The van der Waals surface area contributed by atoms with Gasteiger partial charge in [0.05, 0.1) is 13.7 Å². The first kappa shape index (κ1) is 17.9. The van der Waals surface area contributed by atoms with E-state index in [1.807, 2.05) is 24.3 Å². The lowest BCUT2D eigenvalue weighted by Gasteiger charge is -2.15. The van der Waals surface area contributed by atoms with Crippen molar-refractivity contribution in [1.82, 2.24) is 5.32 Å². The molecule has 0 aliphatic heterocycles. The van der Waals surface area contributed by atoms with Crippen molar-refractivity contribution in [3.63, 3.8) is 0 Å². The van der Waals surface area contributed by atoms with Crippen LogP contribution in [-0.2, 0) is 4.79 Å². The number of carbonyl (C=O) groups excluding carboxylic acids is 1. The van der Waals surface area contributed by atoms with Crippen molar-refractivity contribution in [2.24, 2.45) is 0 Å². The molecule has 2 aromatic rings. The number of rotatable bonds is 8. The van der Waals surface area contributed by atoms with E-state index in [2.05, 4.69) is 5.32 Å². The Labute approximate surface area is 146 Å². The number of hydrogen-bond acceptors (Lipinski definition) is 4. The van der Waals surface area contributed by atoms with E-state index in [-0.39, 0.29) is 5.91 Å². The summed E-state index contributed by atoms with van der Waals surface area (Å²) in [5.74, 6) is 1.62. The fourth-order valence-electron chi connectivity index (χ4n) is 2.01. The number of para-hydroxylation sites is 2. The van der Waals surface area contributed by atoms with Crippen LogP contribution in [0.25, 0.3) is 0 Å². The molecule has 1 atom stereocenters. The standard InChI is InChI=1S/C18H20ClNO4/c1-13(24-15-7-5-6-14(19)12-15)18(21)20-10-11-23-17-9-4-3-8-16(17)22-2/h3-9,12-13H,10-11H2,1-2H3,(H,20,21). The van der Waals surface area contributed by atoms with Crippen molar-refractivity contribution in [2.75, 3.05) is 20.3 Å². The van der Waals surface area contributed by atoms with Crippen LogP contribution in [0.5, 0.6) is 17.2 Å². The largest absolute Gasteiger partial charge is 0.493 e. The molecule has 0 fully saturated rings. The number of ether oxygens (including phenoxy) is 3. The van der Waals surface area contributed by atoms with Gasteiger partial charge in [-0.3, -0.25) is 4.79 Å². The molecular weight excluding hydrogens is 330 g/mol. The zero-order valence-corrected chi connectivity index (χ0v) is 14.4. The molecule has 0 aliphatic carbocycles. The van der Waals surface area contributed by atoms with Crippen molar-refractivity contribution in [3.05, 3.63) is 53.6 Å². The normalized spacial score (nSPS) is 11.5. The van der Waals surface area contributed by atoms with Crippen LogP contribution in [-0.4, -0.2) is 32.3 Å². The molecule has 0 aromatic heterocycles. The van der Waals surface area contributed by atoms with E-state index in [1.54, 1.807) is 38.3 Å². The van der Waals surface area contributed by atoms with Gasteiger partial charge >= 0.3 is 0 Å². The van der Waals surface area contributed by atoms with Crippen molar-refractivity contribution in [3.8, 4) is 17.2 Å². The van der Waals surface area contributed by atoms with Crippen LogP contribution in [0, 0.1) is 0 Å². The molecule has 1 unspecified atom stereocenters. The van der Waals surface area contributed by atoms with Crippen LogP contribution in [0.4, 0.5) is 0 Å². The van der Waals surface area contributed by atoms with Gasteiger partial charge in [-0.25, -0.2) is 0 Å². The van der Waals surface area contributed by atoms with E-state index in [0.29, 0.717) is 35.4 Å². The molecule has 0 bridgehead atoms. The summed E-state index contributed by atoms with van der Waals surface area (Å²) in [6.07, 6.45) is -0.630. The van der Waals surface area contributed by atoms with Gasteiger partial charge in [0.25, 0.3) is 5.91 Å². The van der Waals surface area contributed by atoms with E-state index in [1.165, 1.54) is 0 Å². The molecular formula is C18H20ClNO4. The highest BCUT2D eigenvalue weighted by atomic mass is 35.5. The number of halogens is 1. The second kappa shape index (κ2) is 9.03. The number of benzene rings is 2. The number of hydrogen-bond donors (Lipinski definition) is 1. The Kier molecular flexibility index (Phi) is 6.75. The number of amides is 1. The van der Waals surface area contributed by atoms with Crippen LogP contribution in [0.1, 0.15) is 6.92 Å². The molecule has 2 rings (SSSR count). The molecule has 2 aromatic carbocycles. The summed E-state index contributed by atoms with van der Waals surface area (Å²) in [6.45, 7) is 2.37. The van der Waals surface area contributed by atoms with Crippen LogP contribution >= 0.6 is 11.6 Å². The third-order valence-corrected chi connectivity index (χ3v) is 3.44. The van der Waals surface area contributed by atoms with Gasteiger partial charge in [-0.05, 0) is 37.3 Å². The zero-order valence-electron chi connectivity index (χ0n) is 13.6. The van der Waals surface area contributed by atoms with Crippen molar-refractivity contribution in [2.45, 2.75) is 13.0 Å². The predicted molar refractivity (Wildman–Crippen MR) is 93.0 cm³/mol. The quantitative estimate of drug-likeness (QED) is 0.743. The Morgan fingerprint density at radius 2 is 1.92 bits per heavy atom. The third kappa shape index (κ3) is 5.35. The fourth-order valence-corrected chi connectivity index (χ4v) is 2.20. The Morgan fingerprint density at radius 1 is 1.17 bits per heavy atom. The molecule has 1 N–H and O–H groups in total. The van der Waals surface area contributed by atoms with E-state index in [9.17, 15) is 4.79 Å². The van der Waals surface area contributed by atoms with Crippen molar-refractivity contribution >= 4 is 17.5 Å². The average Bonchev–Trinajstić information content (AvgIpc) is 2.58. The summed E-state index contributed by atoms with van der Waals surface area (Å²) >= 11 is 5.89. The predicted octanol–water partition coefficient (Wildman–Crippen LogP) is 3.31. The van der Waals surface area contributed by atoms with Crippen molar-refractivity contribution in [1.29, 1.82) is 0 Å². The van der Waals surface area contributed by atoms with Gasteiger partial charge in [-0.1, -0.05) is 29.8 Å². The molecule has 0 radical (unpaired) electrons. The van der Waals surface area contributed by atoms with Crippen molar-refractivity contribution < 1.29 is 19.0 Å². The highest BCUT2D eigenvalue weighted by Crippen LogP contribution is 2.25. The summed E-state index contributed by atoms with van der Waals surface area (Å²) < 4.78 is 16.3. The summed E-state index contributed by atoms with van der Waals surface area (Å²) in [5, 5.41) is 3.32. The van der Waals surface area contributed by atoms with E-state index in [4.69, 9.17) is 25.8 Å². The maximum absolute atomic E-state index is 12.0. The van der Waals surface area contributed by atoms with Crippen LogP contribution < -0.4 is 19.5 Å². The lowest BCUT2D eigenvalue weighted by molar-refractivity contribution is -0.127. The first-order valence-electron chi connectivity index (χ1n) is 7.56. The minimum atomic E-state index is -0.630. The Bertz CT molecular complexity index is 678. The van der Waals surface area contributed by atoms with Gasteiger partial charge in [0.15, 0.2) is 17.6 Å². The SMILES string of the molecule is COc1ccccc1OCCNC(=O)C(C)Oc1cccc(Cl)c1. The molecule has 5 nitrogen and oxygen atoms in total. The molecule has 0 heterocycles. The molecule has 6 heteroatoms. The van der Waals surface area contributed by atoms with Gasteiger partial charge in [0, 0.05) is 5.02 Å². The molecule has 128 valence electrons. The van der Waals surface area contributed by atoms with E-state index in [0.717, 1.165) is 0 Å². The minimum absolute atomic E-state index is 0.224. The molecule has 0 spiro atoms. The van der Waals surface area contributed by atoms with Gasteiger partial charge in [-0.2, -0.15) is 0 Å². The lowest BCUT2D eigenvalue weighted by Crippen LogP contribution is -2.38. The number of methoxy groups -OCH3 is 1. The van der Waals surface area contributed by atoms with Crippen LogP contribution in [0.3, 0.4) is 0 Å². The van der Waals surface area contributed by atoms with Gasteiger partial charge in [-0.15, -0.1) is 0 Å². The maximum atomic E-state index is 12.0. The molecule has 24 heavy (non-hydrogen) atoms. The summed E-state index contributed by atoms with van der Waals surface area (Å²) in [7, 11) is 1.58. The number of carbonyl (C=O) groups is 1. The third-order valence-electron chi connectivity index (χ3n) is 3.21. The van der Waals surface area contributed by atoms with E-state index >= 15 is 0 Å². The highest BCUT2D eigenvalue weighted by Gasteiger charge is 2.14. The molecule has 1 amide bonds. The Morgan fingerprint density at radius 3 is 2.62 bits per heavy atom. The second-order valence-corrected chi connectivity index (χ2v) is 5.44. The zero-order chi connectivity index (χ0) is 17.4. The Balaban J connectivity index is 1.74. The first-order chi connectivity index (χ1) is 11.6. The second-order valence-electron chi connectivity index (χ2n) is 5.01. The minimum Gasteiger partial charge on any atom is -0.493 e. The fraction of sp³-hybridized carbons (Fsp3) is 0.278.